The van der Waals surface area contributed by atoms with Crippen molar-refractivity contribution in [3.63, 3.8) is 0 Å². The van der Waals surface area contributed by atoms with Crippen molar-refractivity contribution in [1.29, 1.82) is 0 Å². The van der Waals surface area contributed by atoms with Crippen molar-refractivity contribution in [2.24, 2.45) is 0 Å². The highest BCUT2D eigenvalue weighted by molar-refractivity contribution is 5.76. The molecule has 0 aliphatic rings. The molecule has 0 spiro atoms. The molecule has 2 aromatic rings. The summed E-state index contributed by atoms with van der Waals surface area (Å²) in [5.41, 5.74) is 4.30. The zero-order valence-electron chi connectivity index (χ0n) is 14.5. The second-order valence-corrected chi connectivity index (χ2v) is 5.88. The van der Waals surface area contributed by atoms with Gasteiger partial charge in [-0.25, -0.2) is 4.68 Å². The molecule has 4 nitrogen and oxygen atoms in total. The van der Waals surface area contributed by atoms with E-state index < -0.39 is 0 Å². The number of rotatable bonds is 8. The largest absolute Gasteiger partial charge is 0.335 e. The monoisotopic (exact) mass is 323 g/mol. The zero-order valence-corrected chi connectivity index (χ0v) is 14.5. The Bertz CT molecular complexity index is 703. The summed E-state index contributed by atoms with van der Waals surface area (Å²) in [6.45, 7) is 12.5. The van der Waals surface area contributed by atoms with Gasteiger partial charge in [-0.15, -0.1) is 13.2 Å². The Hall–Kier alpha value is -2.62. The molecule has 1 aromatic heterocycles. The first-order chi connectivity index (χ1) is 11.5. The number of aromatic nitrogens is 2. The molecule has 0 bridgehead atoms. The topological polar surface area (TPSA) is 38.1 Å². The quantitative estimate of drug-likeness (QED) is 0.696. The van der Waals surface area contributed by atoms with E-state index in [0.717, 1.165) is 29.1 Å². The van der Waals surface area contributed by atoms with Gasteiger partial charge in [0, 0.05) is 25.2 Å². The molecule has 0 radical (unpaired) electrons. The molecule has 126 valence electrons. The van der Waals surface area contributed by atoms with Crippen LogP contribution in [0, 0.1) is 13.8 Å². The van der Waals surface area contributed by atoms with Crippen LogP contribution in [0.2, 0.25) is 0 Å². The summed E-state index contributed by atoms with van der Waals surface area (Å²) in [5, 5.41) is 4.49. The number of aryl methyl sites for hydroxylation is 3. The first-order valence-electron chi connectivity index (χ1n) is 8.17. The van der Waals surface area contributed by atoms with E-state index in [4.69, 9.17) is 0 Å². The lowest BCUT2D eigenvalue weighted by Gasteiger charge is -2.19. The number of amides is 1. The fourth-order valence-electron chi connectivity index (χ4n) is 2.69. The summed E-state index contributed by atoms with van der Waals surface area (Å²) in [6, 6.07) is 10.3. The van der Waals surface area contributed by atoms with Gasteiger partial charge >= 0.3 is 0 Å². The number of hydrogen-bond donors (Lipinski definition) is 0. The second-order valence-electron chi connectivity index (χ2n) is 5.88. The lowest BCUT2D eigenvalue weighted by atomic mass is 10.1. The van der Waals surface area contributed by atoms with E-state index in [1.54, 1.807) is 17.1 Å². The van der Waals surface area contributed by atoms with Gasteiger partial charge in [-0.1, -0.05) is 24.3 Å². The smallest absolute Gasteiger partial charge is 0.223 e. The van der Waals surface area contributed by atoms with Crippen LogP contribution in [0.15, 0.2) is 55.6 Å². The van der Waals surface area contributed by atoms with Crippen LogP contribution >= 0.6 is 0 Å². The number of benzene rings is 1. The Labute approximate surface area is 144 Å². The third kappa shape index (κ3) is 4.44. The minimum atomic E-state index is 0.123. The van der Waals surface area contributed by atoms with Crippen LogP contribution in [0.5, 0.6) is 0 Å². The summed E-state index contributed by atoms with van der Waals surface area (Å²) >= 11 is 0. The maximum absolute atomic E-state index is 12.2. The summed E-state index contributed by atoms with van der Waals surface area (Å²) in [5.74, 6) is 0.123. The van der Waals surface area contributed by atoms with Gasteiger partial charge in [-0.05, 0) is 44.0 Å². The Morgan fingerprint density at radius 2 is 1.79 bits per heavy atom. The maximum atomic E-state index is 12.2. The van der Waals surface area contributed by atoms with Gasteiger partial charge in [0.25, 0.3) is 0 Å². The van der Waals surface area contributed by atoms with Crippen molar-refractivity contribution in [2.75, 3.05) is 13.1 Å². The van der Waals surface area contributed by atoms with E-state index in [9.17, 15) is 4.79 Å². The molecule has 24 heavy (non-hydrogen) atoms. The van der Waals surface area contributed by atoms with Crippen LogP contribution < -0.4 is 0 Å². The molecule has 0 N–H and O–H groups in total. The van der Waals surface area contributed by atoms with E-state index in [2.05, 4.69) is 36.5 Å². The highest BCUT2D eigenvalue weighted by Gasteiger charge is 2.10. The average molecular weight is 323 g/mol. The molecule has 0 atom stereocenters. The standard InChI is InChI=1S/C20H25N3O/c1-5-13-22(14-6-2)20(24)12-9-18-7-10-19(11-8-18)23-17(4)15-16(3)21-23/h5-8,10-11,15H,1-2,9,12-14H2,3-4H3. The minimum absolute atomic E-state index is 0.123. The lowest BCUT2D eigenvalue weighted by Crippen LogP contribution is -2.31. The van der Waals surface area contributed by atoms with Crippen molar-refractivity contribution in [3.8, 4) is 5.69 Å². The van der Waals surface area contributed by atoms with Crippen LogP contribution in [-0.4, -0.2) is 33.7 Å². The Kier molecular flexibility index (Phi) is 6.13. The third-order valence-electron chi connectivity index (χ3n) is 3.87. The summed E-state index contributed by atoms with van der Waals surface area (Å²) in [7, 11) is 0. The van der Waals surface area contributed by atoms with Crippen molar-refractivity contribution in [3.05, 3.63) is 72.6 Å². The van der Waals surface area contributed by atoms with Crippen LogP contribution in [0.1, 0.15) is 23.4 Å². The first kappa shape index (κ1) is 17.7. The normalized spacial score (nSPS) is 10.4. The molecule has 0 fully saturated rings. The van der Waals surface area contributed by atoms with Gasteiger partial charge in [0.1, 0.15) is 0 Å². The van der Waals surface area contributed by atoms with Crippen LogP contribution in [0.25, 0.3) is 5.69 Å². The molecular weight excluding hydrogens is 298 g/mol. The molecule has 0 aliphatic carbocycles. The van der Waals surface area contributed by atoms with Crippen LogP contribution in [0.3, 0.4) is 0 Å². The van der Waals surface area contributed by atoms with Gasteiger partial charge in [0.05, 0.1) is 11.4 Å². The van der Waals surface area contributed by atoms with Gasteiger partial charge in [-0.2, -0.15) is 5.10 Å². The summed E-state index contributed by atoms with van der Waals surface area (Å²) in [6.07, 6.45) is 4.69. The Morgan fingerprint density at radius 3 is 2.29 bits per heavy atom. The van der Waals surface area contributed by atoms with Crippen molar-refractivity contribution < 1.29 is 4.79 Å². The minimum Gasteiger partial charge on any atom is -0.335 e. The fourth-order valence-corrected chi connectivity index (χ4v) is 2.69. The van der Waals surface area contributed by atoms with Crippen molar-refractivity contribution in [1.82, 2.24) is 14.7 Å². The zero-order chi connectivity index (χ0) is 17.5. The number of nitrogens with zero attached hydrogens (tertiary/aromatic N) is 3. The molecule has 4 heteroatoms. The Morgan fingerprint density at radius 1 is 1.17 bits per heavy atom. The number of carbonyl (C=O) groups is 1. The van der Waals surface area contributed by atoms with E-state index in [-0.39, 0.29) is 5.91 Å². The number of carbonyl (C=O) groups excluding carboxylic acids is 1. The van der Waals surface area contributed by atoms with E-state index >= 15 is 0 Å². The van der Waals surface area contributed by atoms with Crippen molar-refractivity contribution in [2.45, 2.75) is 26.7 Å². The van der Waals surface area contributed by atoms with E-state index in [1.807, 2.05) is 30.7 Å². The van der Waals surface area contributed by atoms with Crippen LogP contribution in [-0.2, 0) is 11.2 Å². The molecule has 0 saturated heterocycles. The maximum Gasteiger partial charge on any atom is 0.223 e. The molecule has 1 aromatic carbocycles. The predicted octanol–water partition coefficient (Wildman–Crippen LogP) is 3.62. The van der Waals surface area contributed by atoms with Crippen molar-refractivity contribution >= 4 is 5.91 Å². The Balaban J connectivity index is 1.99. The highest BCUT2D eigenvalue weighted by Crippen LogP contribution is 2.14. The molecule has 1 heterocycles. The summed E-state index contributed by atoms with van der Waals surface area (Å²) in [4.78, 5) is 14.0. The highest BCUT2D eigenvalue weighted by atomic mass is 16.2. The first-order valence-corrected chi connectivity index (χ1v) is 8.17. The van der Waals surface area contributed by atoms with E-state index in [0.29, 0.717) is 19.5 Å². The van der Waals surface area contributed by atoms with Gasteiger partial charge in [0.2, 0.25) is 5.91 Å². The molecule has 0 aliphatic heterocycles. The third-order valence-corrected chi connectivity index (χ3v) is 3.87. The molecular formula is C20H25N3O. The van der Waals surface area contributed by atoms with Gasteiger partial charge in [-0.3, -0.25) is 4.79 Å². The predicted molar refractivity (Wildman–Crippen MR) is 98.3 cm³/mol. The molecule has 0 unspecified atom stereocenters. The summed E-state index contributed by atoms with van der Waals surface area (Å²) < 4.78 is 1.93. The van der Waals surface area contributed by atoms with Crippen LogP contribution in [0.4, 0.5) is 0 Å². The average Bonchev–Trinajstić information content (AvgIpc) is 2.91. The second kappa shape index (κ2) is 8.29. The van der Waals surface area contributed by atoms with E-state index in [1.165, 1.54) is 0 Å². The molecule has 0 saturated carbocycles. The fraction of sp³-hybridized carbons (Fsp3) is 0.300. The SMILES string of the molecule is C=CCN(CC=C)C(=O)CCc1ccc(-n2nc(C)cc2C)cc1. The molecule has 1 amide bonds. The molecule has 2 rings (SSSR count). The lowest BCUT2D eigenvalue weighted by molar-refractivity contribution is -0.130. The van der Waals surface area contributed by atoms with Gasteiger partial charge in [0.15, 0.2) is 0 Å². The number of hydrogen-bond acceptors (Lipinski definition) is 2. The van der Waals surface area contributed by atoms with Gasteiger partial charge < -0.3 is 4.90 Å².